The number of para-hydroxylation sites is 4. The Balaban J connectivity index is 0.000000427. The summed E-state index contributed by atoms with van der Waals surface area (Å²) in [7, 11) is -9.14. The zero-order valence-electron chi connectivity index (χ0n) is 37.7. The van der Waals surface area contributed by atoms with Crippen molar-refractivity contribution in [2.75, 3.05) is 0 Å². The number of benzene rings is 4. The fourth-order valence-electron chi connectivity index (χ4n) is 7.30. The number of ether oxygens (including phenoxy) is 2. The van der Waals surface area contributed by atoms with Crippen LogP contribution in [-0.4, -0.2) is 68.8 Å². The molecule has 0 saturated heterocycles. The van der Waals surface area contributed by atoms with Gasteiger partial charge in [0.1, 0.15) is 32.3 Å². The van der Waals surface area contributed by atoms with E-state index in [1.807, 2.05) is 0 Å². The van der Waals surface area contributed by atoms with Crippen molar-refractivity contribution >= 4 is 58.0 Å². The molecule has 0 aliphatic carbocycles. The van der Waals surface area contributed by atoms with E-state index in [2.05, 4.69) is 13.8 Å². The van der Waals surface area contributed by atoms with Gasteiger partial charge in [-0.05, 0) is 79.3 Å². The number of rotatable bonds is 30. The fraction of sp³-hybridized carbons (Fsp3) is 0.520. The van der Waals surface area contributed by atoms with Gasteiger partial charge in [-0.1, -0.05) is 190 Å². The van der Waals surface area contributed by atoms with E-state index in [9.17, 15) is 36.2 Å². The molecule has 4 aromatic carbocycles. The normalized spacial score (nSPS) is 11.4. The SMILES string of the molecule is CCCCCCCCCCCCCc1ccc(S(=O)(=O)O)c(Oc2ccccc2O)c1.CCCCCCCCCCCCCc1ccc(S(=O)(=O)[O-])c(Oc2ccccc2[O-])c1.[Ca+2]. The summed E-state index contributed by atoms with van der Waals surface area (Å²) in [5, 5.41) is 21.8. The number of hydrogen-bond acceptors (Lipinski definition) is 9. The van der Waals surface area contributed by atoms with E-state index in [0.29, 0.717) is 0 Å². The predicted octanol–water partition coefficient (Wildman–Crippen LogP) is 13.2. The molecule has 344 valence electrons. The molecule has 0 heterocycles. The van der Waals surface area contributed by atoms with E-state index in [1.54, 1.807) is 54.6 Å². The second-order valence-corrected chi connectivity index (χ2v) is 18.9. The standard InChI is InChI=1S/2C25H36O5S.Ca/c2*1-2-3-4-5-6-7-8-9-10-11-12-15-21-18-19-25(31(27,28)29)24(20-21)30-23-17-14-13-16-22(23)26;/h2*13-14,16-20,26H,2-12,15H2,1H3,(H,27,28,29);/q;;+2/p-2. The zero-order chi connectivity index (χ0) is 45.1. The van der Waals surface area contributed by atoms with Crippen LogP contribution >= 0.6 is 0 Å². The molecule has 0 unspecified atom stereocenters. The third-order valence-electron chi connectivity index (χ3n) is 10.9. The van der Waals surface area contributed by atoms with Crippen LogP contribution in [0.15, 0.2) is 94.7 Å². The third kappa shape index (κ3) is 23.3. The molecule has 2 N–H and O–H groups in total. The van der Waals surface area contributed by atoms with Gasteiger partial charge in [-0.25, -0.2) is 8.42 Å². The zero-order valence-corrected chi connectivity index (χ0v) is 41.6. The largest absolute Gasteiger partial charge is 2.00 e. The van der Waals surface area contributed by atoms with Crippen molar-refractivity contribution < 1.29 is 45.6 Å². The minimum Gasteiger partial charge on any atom is -0.870 e. The molecule has 0 bridgehead atoms. The minimum atomic E-state index is -4.71. The van der Waals surface area contributed by atoms with Gasteiger partial charge in [-0.2, -0.15) is 8.42 Å². The van der Waals surface area contributed by atoms with Gasteiger partial charge in [-0.3, -0.25) is 4.55 Å². The Labute approximate surface area is 408 Å². The van der Waals surface area contributed by atoms with Gasteiger partial charge in [0, 0.05) is 0 Å². The topological polar surface area (TPSA) is 173 Å². The second kappa shape index (κ2) is 31.9. The molecule has 4 aromatic rings. The van der Waals surface area contributed by atoms with Crippen molar-refractivity contribution in [2.45, 2.75) is 178 Å². The Hall–Kier alpha value is -2.84. The molecule has 0 radical (unpaired) electrons. The monoisotopic (exact) mass is 934 g/mol. The van der Waals surface area contributed by atoms with Crippen molar-refractivity contribution in [2.24, 2.45) is 0 Å². The van der Waals surface area contributed by atoms with Crippen LogP contribution in [0.25, 0.3) is 0 Å². The predicted molar refractivity (Wildman–Crippen MR) is 251 cm³/mol. The molecule has 0 aliphatic heterocycles. The number of hydrogen-bond donors (Lipinski definition) is 2. The summed E-state index contributed by atoms with van der Waals surface area (Å²) in [6, 6.07) is 21.5. The molecule has 13 heteroatoms. The van der Waals surface area contributed by atoms with Crippen LogP contribution in [0, 0.1) is 0 Å². The Bertz CT molecular complexity index is 1940. The van der Waals surface area contributed by atoms with Crippen molar-refractivity contribution in [1.29, 1.82) is 0 Å². The second-order valence-electron chi connectivity index (χ2n) is 16.2. The summed E-state index contributed by atoms with van der Waals surface area (Å²) >= 11 is 0. The van der Waals surface area contributed by atoms with Gasteiger partial charge in [0.2, 0.25) is 0 Å². The quantitative estimate of drug-likeness (QED) is 0.0291. The molecule has 0 fully saturated rings. The number of phenolic OH excluding ortho intramolecular Hbond substituents is 1. The molecule has 0 saturated carbocycles. The molecule has 10 nitrogen and oxygen atoms in total. The first-order valence-electron chi connectivity index (χ1n) is 22.9. The third-order valence-corrected chi connectivity index (χ3v) is 12.6. The average molecular weight is 935 g/mol. The van der Waals surface area contributed by atoms with E-state index in [0.717, 1.165) is 49.7 Å². The first kappa shape index (κ1) is 56.3. The van der Waals surface area contributed by atoms with E-state index in [1.165, 1.54) is 146 Å². The molecular weight excluding hydrogens is 865 g/mol. The van der Waals surface area contributed by atoms with Crippen molar-refractivity contribution in [3.05, 3.63) is 96.1 Å². The fourth-order valence-corrected chi connectivity index (χ4v) is 8.47. The van der Waals surface area contributed by atoms with E-state index in [-0.39, 0.29) is 77.1 Å². The Morgan fingerprint density at radius 3 is 1.25 bits per heavy atom. The van der Waals surface area contributed by atoms with Crippen molar-refractivity contribution in [1.82, 2.24) is 0 Å². The van der Waals surface area contributed by atoms with E-state index < -0.39 is 25.1 Å². The van der Waals surface area contributed by atoms with Crippen LogP contribution in [0.5, 0.6) is 34.5 Å². The summed E-state index contributed by atoms with van der Waals surface area (Å²) in [5.41, 5.74) is 1.83. The van der Waals surface area contributed by atoms with Gasteiger partial charge in [0.25, 0.3) is 10.1 Å². The Kier molecular flexibility index (Phi) is 28.5. The Morgan fingerprint density at radius 1 is 0.476 bits per heavy atom. The van der Waals surface area contributed by atoms with Crippen LogP contribution in [0.2, 0.25) is 0 Å². The number of aryl methyl sites for hydroxylation is 2. The van der Waals surface area contributed by atoms with Gasteiger partial charge >= 0.3 is 37.7 Å². The van der Waals surface area contributed by atoms with Crippen LogP contribution in [0.4, 0.5) is 0 Å². The van der Waals surface area contributed by atoms with E-state index >= 15 is 0 Å². The molecule has 0 amide bonds. The van der Waals surface area contributed by atoms with Gasteiger partial charge < -0.3 is 24.2 Å². The van der Waals surface area contributed by atoms with Crippen molar-refractivity contribution in [3.63, 3.8) is 0 Å². The minimum absolute atomic E-state index is 0. The van der Waals surface area contributed by atoms with E-state index in [4.69, 9.17) is 9.47 Å². The first-order valence-corrected chi connectivity index (χ1v) is 25.8. The number of unbranched alkanes of at least 4 members (excludes halogenated alkanes) is 20. The molecule has 0 spiro atoms. The van der Waals surface area contributed by atoms with Crippen molar-refractivity contribution in [3.8, 4) is 34.5 Å². The maximum atomic E-state index is 11.9. The number of phenols is 1. The number of aromatic hydroxyl groups is 1. The summed E-state index contributed by atoms with van der Waals surface area (Å²) in [6.07, 6.45) is 29.3. The molecule has 0 aromatic heterocycles. The van der Waals surface area contributed by atoms with Crippen LogP contribution in [0.3, 0.4) is 0 Å². The Morgan fingerprint density at radius 2 is 0.841 bits per heavy atom. The summed E-state index contributed by atoms with van der Waals surface area (Å²) < 4.78 is 78.8. The van der Waals surface area contributed by atoms with Crippen LogP contribution < -0.4 is 14.6 Å². The van der Waals surface area contributed by atoms with Gasteiger partial charge in [0.05, 0.1) is 4.90 Å². The summed E-state index contributed by atoms with van der Waals surface area (Å²) in [4.78, 5) is -0.753. The molecule has 4 rings (SSSR count). The van der Waals surface area contributed by atoms with Gasteiger partial charge in [0.15, 0.2) is 11.5 Å². The first-order chi connectivity index (χ1) is 29.8. The summed E-state index contributed by atoms with van der Waals surface area (Å²) in [5.74, 6) is -0.394. The average Bonchev–Trinajstić information content (AvgIpc) is 3.23. The van der Waals surface area contributed by atoms with Gasteiger partial charge in [-0.15, -0.1) is 0 Å². The molecule has 0 aliphatic rings. The molecule has 0 atom stereocenters. The molecular formula is C50H70CaO10S2. The molecule has 63 heavy (non-hydrogen) atoms. The summed E-state index contributed by atoms with van der Waals surface area (Å²) in [6.45, 7) is 4.48. The maximum Gasteiger partial charge on any atom is 2.00 e. The smallest absolute Gasteiger partial charge is 0.870 e. The van der Waals surface area contributed by atoms with Crippen LogP contribution in [0.1, 0.15) is 166 Å². The van der Waals surface area contributed by atoms with Crippen LogP contribution in [-0.2, 0) is 33.1 Å². The maximum absolute atomic E-state index is 11.9.